The van der Waals surface area contributed by atoms with Gasteiger partial charge in [-0.05, 0) is 42.5 Å². The molecule has 0 saturated heterocycles. The number of halogens is 1. The Morgan fingerprint density at radius 2 is 1.97 bits per heavy atom. The summed E-state index contributed by atoms with van der Waals surface area (Å²) in [5.74, 6) is -0.762. The van der Waals surface area contributed by atoms with Crippen molar-refractivity contribution in [1.29, 1.82) is 0 Å². The molecule has 0 fully saturated rings. The molecule has 0 bridgehead atoms. The van der Waals surface area contributed by atoms with Crippen LogP contribution in [0.3, 0.4) is 0 Å². The van der Waals surface area contributed by atoms with Crippen molar-refractivity contribution in [2.75, 3.05) is 12.4 Å². The topological polar surface area (TPSA) is 125 Å². The van der Waals surface area contributed by atoms with Crippen LogP contribution in [0.1, 0.15) is 10.6 Å². The predicted molar refractivity (Wildman–Crippen MR) is 104 cm³/mol. The number of nitrogens with zero attached hydrogens (tertiary/aromatic N) is 4. The van der Waals surface area contributed by atoms with Gasteiger partial charge in [-0.3, -0.25) is 14.9 Å². The smallest absolute Gasteiger partial charge is 0.433 e. The maximum absolute atomic E-state index is 12.2. The van der Waals surface area contributed by atoms with E-state index in [-0.39, 0.29) is 5.76 Å². The highest BCUT2D eigenvalue weighted by Gasteiger charge is 2.18. The lowest BCUT2D eigenvalue weighted by molar-refractivity contribution is -0.402. The average Bonchev–Trinajstić information content (AvgIpc) is 3.35. The fraction of sp³-hybridized carbons (Fsp3) is 0.0556. The molecule has 1 amide bonds. The minimum absolute atomic E-state index is 0.173. The molecular formula is C18H12ClN5O5. The van der Waals surface area contributed by atoms with E-state index >= 15 is 0 Å². The van der Waals surface area contributed by atoms with Gasteiger partial charge in [0.1, 0.15) is 21.7 Å². The third-order valence-corrected chi connectivity index (χ3v) is 4.30. The average molecular weight is 414 g/mol. The molecule has 4 aromatic rings. The number of carbonyl (C=O) groups excluding carboxylic acids is 1. The Morgan fingerprint density at radius 3 is 2.66 bits per heavy atom. The number of nitrogens with one attached hydrogen (secondary N) is 1. The molecule has 1 N–H and O–H groups in total. The number of amides is 1. The van der Waals surface area contributed by atoms with Crippen LogP contribution in [0.25, 0.3) is 16.7 Å². The predicted octanol–water partition coefficient (Wildman–Crippen LogP) is 3.84. The monoisotopic (exact) mass is 413 g/mol. The van der Waals surface area contributed by atoms with Crippen LogP contribution in [0.4, 0.5) is 11.6 Å². The molecule has 0 aliphatic heterocycles. The first-order chi connectivity index (χ1) is 13.9. The zero-order chi connectivity index (χ0) is 20.5. The van der Waals surface area contributed by atoms with Crippen molar-refractivity contribution < 1.29 is 18.9 Å². The SMILES string of the molecule is COc1ccc(-n2nc3ccc(NC(=O)c4ccc([N+](=O)[O-])o4)cc3n2)cc1Cl. The molecule has 146 valence electrons. The van der Waals surface area contributed by atoms with E-state index in [0.29, 0.717) is 33.2 Å². The highest BCUT2D eigenvalue weighted by Crippen LogP contribution is 2.27. The number of rotatable bonds is 5. The van der Waals surface area contributed by atoms with E-state index in [1.807, 2.05) is 0 Å². The number of anilines is 1. The maximum atomic E-state index is 12.2. The first-order valence-electron chi connectivity index (χ1n) is 8.21. The zero-order valence-electron chi connectivity index (χ0n) is 14.8. The van der Waals surface area contributed by atoms with E-state index in [4.69, 9.17) is 20.8 Å². The van der Waals surface area contributed by atoms with Gasteiger partial charge >= 0.3 is 5.88 Å². The van der Waals surface area contributed by atoms with Crippen LogP contribution in [0, 0.1) is 10.1 Å². The molecule has 0 aliphatic rings. The summed E-state index contributed by atoms with van der Waals surface area (Å²) in [4.78, 5) is 23.6. The molecular weight excluding hydrogens is 402 g/mol. The van der Waals surface area contributed by atoms with Crippen LogP contribution < -0.4 is 10.1 Å². The summed E-state index contributed by atoms with van der Waals surface area (Å²) in [5.41, 5.74) is 2.20. The van der Waals surface area contributed by atoms with Crippen LogP contribution in [0.2, 0.25) is 5.02 Å². The van der Waals surface area contributed by atoms with E-state index in [1.54, 1.807) is 36.4 Å². The van der Waals surface area contributed by atoms with Crippen molar-refractivity contribution in [3.05, 3.63) is 69.4 Å². The van der Waals surface area contributed by atoms with Crippen molar-refractivity contribution in [1.82, 2.24) is 15.0 Å². The van der Waals surface area contributed by atoms with E-state index in [1.165, 1.54) is 18.0 Å². The summed E-state index contributed by atoms with van der Waals surface area (Å²) < 4.78 is 10.0. The van der Waals surface area contributed by atoms with E-state index in [0.717, 1.165) is 6.07 Å². The lowest BCUT2D eigenvalue weighted by Crippen LogP contribution is -2.10. The van der Waals surface area contributed by atoms with Crippen LogP contribution in [-0.2, 0) is 0 Å². The maximum Gasteiger partial charge on any atom is 0.433 e. The number of furan rings is 1. The van der Waals surface area contributed by atoms with Crippen molar-refractivity contribution in [2.24, 2.45) is 0 Å². The van der Waals surface area contributed by atoms with Gasteiger partial charge in [-0.15, -0.1) is 10.2 Å². The van der Waals surface area contributed by atoms with Gasteiger partial charge in [0.05, 0.1) is 23.9 Å². The van der Waals surface area contributed by atoms with Gasteiger partial charge in [0, 0.05) is 5.69 Å². The lowest BCUT2D eigenvalue weighted by atomic mass is 10.2. The van der Waals surface area contributed by atoms with Gasteiger partial charge in [-0.2, -0.15) is 4.80 Å². The summed E-state index contributed by atoms with van der Waals surface area (Å²) in [5, 5.41) is 22.5. The van der Waals surface area contributed by atoms with Crippen molar-refractivity contribution in [3.8, 4) is 11.4 Å². The Morgan fingerprint density at radius 1 is 1.17 bits per heavy atom. The number of methoxy groups -OCH3 is 1. The number of aromatic nitrogens is 3. The minimum atomic E-state index is -0.716. The van der Waals surface area contributed by atoms with Gasteiger partial charge in [0.2, 0.25) is 0 Å². The van der Waals surface area contributed by atoms with Gasteiger partial charge < -0.3 is 14.5 Å². The van der Waals surface area contributed by atoms with E-state index < -0.39 is 16.7 Å². The molecule has 11 heteroatoms. The number of benzene rings is 2. The molecule has 0 unspecified atom stereocenters. The number of hydrogen-bond donors (Lipinski definition) is 1. The quantitative estimate of drug-likeness (QED) is 0.389. The number of ether oxygens (including phenoxy) is 1. The summed E-state index contributed by atoms with van der Waals surface area (Å²) in [7, 11) is 1.53. The molecule has 2 aromatic heterocycles. The lowest BCUT2D eigenvalue weighted by Gasteiger charge is -2.04. The normalized spacial score (nSPS) is 10.8. The Bertz CT molecular complexity index is 1250. The fourth-order valence-electron chi connectivity index (χ4n) is 2.63. The Balaban J connectivity index is 1.58. The minimum Gasteiger partial charge on any atom is -0.495 e. The molecule has 10 nitrogen and oxygen atoms in total. The highest BCUT2D eigenvalue weighted by molar-refractivity contribution is 6.32. The number of hydrogen-bond acceptors (Lipinski definition) is 7. The third-order valence-electron chi connectivity index (χ3n) is 4.00. The van der Waals surface area contributed by atoms with Crippen molar-refractivity contribution in [2.45, 2.75) is 0 Å². The highest BCUT2D eigenvalue weighted by atomic mass is 35.5. The van der Waals surface area contributed by atoms with Crippen molar-refractivity contribution >= 4 is 40.1 Å². The van der Waals surface area contributed by atoms with E-state index in [9.17, 15) is 14.9 Å². The molecule has 0 radical (unpaired) electrons. The standard InChI is InChI=1S/C18H12ClN5O5/c1-28-15-5-3-11(9-12(15)19)23-21-13-4-2-10(8-14(13)22-23)20-18(25)16-6-7-17(29-16)24(26)27/h2-9H,1H3,(H,20,25). The summed E-state index contributed by atoms with van der Waals surface area (Å²) in [6.45, 7) is 0. The van der Waals surface area contributed by atoms with Crippen molar-refractivity contribution in [3.63, 3.8) is 0 Å². The van der Waals surface area contributed by atoms with Crippen LogP contribution in [-0.4, -0.2) is 32.9 Å². The number of nitro groups is 1. The molecule has 0 aliphatic carbocycles. The van der Waals surface area contributed by atoms with Gasteiger partial charge in [0.25, 0.3) is 5.91 Å². The molecule has 0 saturated carbocycles. The fourth-order valence-corrected chi connectivity index (χ4v) is 2.88. The Hall–Kier alpha value is -3.92. The van der Waals surface area contributed by atoms with E-state index in [2.05, 4.69) is 15.5 Å². The third kappa shape index (κ3) is 3.60. The molecule has 29 heavy (non-hydrogen) atoms. The number of carbonyl (C=O) groups is 1. The first kappa shape index (κ1) is 18.4. The molecule has 0 spiro atoms. The molecule has 0 atom stereocenters. The van der Waals surface area contributed by atoms with Gasteiger partial charge in [-0.1, -0.05) is 11.6 Å². The van der Waals surface area contributed by atoms with Crippen LogP contribution in [0.5, 0.6) is 5.75 Å². The van der Waals surface area contributed by atoms with Crippen LogP contribution >= 0.6 is 11.6 Å². The Kier molecular flexibility index (Phi) is 4.61. The first-order valence-corrected chi connectivity index (χ1v) is 8.59. The van der Waals surface area contributed by atoms with Gasteiger partial charge in [-0.25, -0.2) is 0 Å². The molecule has 2 aromatic carbocycles. The van der Waals surface area contributed by atoms with Gasteiger partial charge in [0.15, 0.2) is 5.76 Å². The number of fused-ring (bicyclic) bond motifs is 1. The zero-order valence-corrected chi connectivity index (χ0v) is 15.6. The molecule has 4 rings (SSSR count). The summed E-state index contributed by atoms with van der Waals surface area (Å²) in [6.07, 6.45) is 0. The largest absolute Gasteiger partial charge is 0.495 e. The second-order valence-electron chi connectivity index (χ2n) is 5.86. The summed E-state index contributed by atoms with van der Waals surface area (Å²) in [6, 6.07) is 12.4. The second kappa shape index (κ2) is 7.24. The second-order valence-corrected chi connectivity index (χ2v) is 6.27. The summed E-state index contributed by atoms with van der Waals surface area (Å²) >= 11 is 6.15. The van der Waals surface area contributed by atoms with Crippen LogP contribution in [0.15, 0.2) is 52.9 Å². The molecule has 2 heterocycles. The Labute approximate surface area is 167 Å².